The number of ether oxygens (including phenoxy) is 2. The van der Waals surface area contributed by atoms with E-state index in [9.17, 15) is 14.7 Å². The number of amides is 1. The monoisotopic (exact) mass is 703 g/mol. The van der Waals surface area contributed by atoms with Crippen LogP contribution in [0.15, 0.2) is 101 Å². The third-order valence-corrected chi connectivity index (χ3v) is 10.2. The molecule has 238 valence electrons. The Morgan fingerprint density at radius 2 is 1.70 bits per heavy atom. The maximum atomic E-state index is 13.6. The molecule has 1 fully saturated rings. The van der Waals surface area contributed by atoms with Crippen LogP contribution in [0, 0.1) is 6.92 Å². The van der Waals surface area contributed by atoms with Crippen molar-refractivity contribution in [2.24, 2.45) is 0 Å². The van der Waals surface area contributed by atoms with Crippen LogP contribution in [0.4, 0.5) is 5.13 Å². The Bertz CT molecular complexity index is 1980. The molecule has 0 aliphatic carbocycles. The summed E-state index contributed by atoms with van der Waals surface area (Å²) in [6.07, 6.45) is 0. The third-order valence-electron chi connectivity index (χ3n) is 7.46. The number of ketones is 1. The number of aliphatic hydroxyl groups is 1. The smallest absolute Gasteiger partial charge is 0.301 e. The molecule has 1 saturated heterocycles. The van der Waals surface area contributed by atoms with Crippen LogP contribution in [0.2, 0.25) is 10.0 Å². The second kappa shape index (κ2) is 14.2. The topological polar surface area (TPSA) is 102 Å². The molecule has 1 aliphatic rings. The number of carbonyl (C=O) groups is 2. The van der Waals surface area contributed by atoms with Gasteiger partial charge in [-0.3, -0.25) is 14.5 Å². The summed E-state index contributed by atoms with van der Waals surface area (Å²) >= 11 is 14.9. The van der Waals surface area contributed by atoms with Gasteiger partial charge in [-0.1, -0.05) is 94.3 Å². The van der Waals surface area contributed by atoms with Crippen LogP contribution >= 0.6 is 46.3 Å². The maximum absolute atomic E-state index is 13.6. The molecule has 1 amide bonds. The number of nitrogens with zero attached hydrogens (tertiary/aromatic N) is 3. The molecule has 0 radical (unpaired) electrons. The first-order chi connectivity index (χ1) is 22.7. The van der Waals surface area contributed by atoms with Crippen molar-refractivity contribution in [3.8, 4) is 11.5 Å². The van der Waals surface area contributed by atoms with Gasteiger partial charge >= 0.3 is 5.91 Å². The van der Waals surface area contributed by atoms with Crippen LogP contribution in [-0.2, 0) is 21.9 Å². The molecule has 1 aliphatic heterocycles. The van der Waals surface area contributed by atoms with Gasteiger partial charge < -0.3 is 14.6 Å². The van der Waals surface area contributed by atoms with Crippen molar-refractivity contribution in [3.63, 3.8) is 0 Å². The van der Waals surface area contributed by atoms with E-state index in [-0.39, 0.29) is 16.5 Å². The van der Waals surface area contributed by atoms with Crippen LogP contribution in [0.25, 0.3) is 5.76 Å². The van der Waals surface area contributed by atoms with Crippen LogP contribution in [0.5, 0.6) is 11.5 Å². The van der Waals surface area contributed by atoms with Gasteiger partial charge in [0, 0.05) is 21.4 Å². The molecule has 0 spiro atoms. The fourth-order valence-electron chi connectivity index (χ4n) is 5.10. The van der Waals surface area contributed by atoms with Gasteiger partial charge in [0.15, 0.2) is 4.34 Å². The summed E-state index contributed by atoms with van der Waals surface area (Å²) in [6, 6.07) is 26.0. The second-order valence-electron chi connectivity index (χ2n) is 10.6. The standard InChI is InChI=1S/C35H27Cl2N3O5S2/c1-20-4-3-5-21(16-20)18-45-27-14-9-23(10-15-27)31(41)29-30(22-7-12-26(44-2)13-8-22)40(33(43)32(29)42)34-38-39-35(47-34)46-19-24-6-11-25(36)17-28(24)37/h3-17,30,41H,18-19H2,1-2H3. The highest BCUT2D eigenvalue weighted by atomic mass is 35.5. The number of methoxy groups -OCH3 is 1. The molecule has 5 aromatic rings. The van der Waals surface area contributed by atoms with Gasteiger partial charge in [0.05, 0.1) is 18.7 Å². The molecule has 8 nitrogen and oxygen atoms in total. The van der Waals surface area contributed by atoms with Crippen molar-refractivity contribution in [2.75, 3.05) is 12.0 Å². The number of aryl methyl sites for hydroxylation is 1. The van der Waals surface area contributed by atoms with Crippen LogP contribution in [0.3, 0.4) is 0 Å². The summed E-state index contributed by atoms with van der Waals surface area (Å²) in [5.41, 5.74) is 3.91. The lowest BCUT2D eigenvalue weighted by Crippen LogP contribution is -2.29. The fraction of sp³-hybridized carbons (Fsp3) is 0.143. The van der Waals surface area contributed by atoms with Crippen molar-refractivity contribution in [2.45, 2.75) is 29.7 Å². The van der Waals surface area contributed by atoms with Crippen molar-refractivity contribution < 1.29 is 24.2 Å². The zero-order valence-electron chi connectivity index (χ0n) is 25.1. The van der Waals surface area contributed by atoms with E-state index in [4.69, 9.17) is 32.7 Å². The normalized spacial score (nSPS) is 15.7. The van der Waals surface area contributed by atoms with E-state index in [0.29, 0.717) is 49.4 Å². The summed E-state index contributed by atoms with van der Waals surface area (Å²) in [5, 5.41) is 21.4. The summed E-state index contributed by atoms with van der Waals surface area (Å²) in [6.45, 7) is 2.40. The SMILES string of the molecule is COc1ccc(C2C(=C(O)c3ccc(OCc4cccc(C)c4)cc3)C(=O)C(=O)N2c2nnc(SCc3ccc(Cl)cc3Cl)s2)cc1. The predicted molar refractivity (Wildman–Crippen MR) is 186 cm³/mol. The number of carbonyl (C=O) groups excluding carboxylic acids is 2. The predicted octanol–water partition coefficient (Wildman–Crippen LogP) is 8.66. The summed E-state index contributed by atoms with van der Waals surface area (Å²) in [7, 11) is 1.55. The third kappa shape index (κ3) is 7.16. The molecule has 6 rings (SSSR count). The van der Waals surface area contributed by atoms with Crippen molar-refractivity contribution in [3.05, 3.63) is 134 Å². The Kier molecular flexibility index (Phi) is 9.84. The average Bonchev–Trinajstić information content (AvgIpc) is 3.65. The minimum absolute atomic E-state index is 0.0639. The fourth-order valence-corrected chi connectivity index (χ4v) is 7.53. The molecule has 0 bridgehead atoms. The number of aromatic nitrogens is 2. The Labute approximate surface area is 289 Å². The van der Waals surface area contributed by atoms with Gasteiger partial charge in [-0.15, -0.1) is 10.2 Å². The molecule has 1 N–H and O–H groups in total. The zero-order chi connectivity index (χ0) is 33.1. The first kappa shape index (κ1) is 32.6. The molecule has 0 saturated carbocycles. The zero-order valence-corrected chi connectivity index (χ0v) is 28.3. The van der Waals surface area contributed by atoms with Crippen molar-refractivity contribution >= 4 is 68.9 Å². The van der Waals surface area contributed by atoms with Crippen LogP contribution in [0.1, 0.15) is 33.9 Å². The van der Waals surface area contributed by atoms with Crippen LogP contribution < -0.4 is 14.4 Å². The van der Waals surface area contributed by atoms with E-state index in [1.165, 1.54) is 28.0 Å². The van der Waals surface area contributed by atoms with E-state index in [0.717, 1.165) is 16.7 Å². The van der Waals surface area contributed by atoms with E-state index in [1.807, 2.05) is 37.3 Å². The first-order valence-corrected chi connectivity index (χ1v) is 16.9. The highest BCUT2D eigenvalue weighted by molar-refractivity contribution is 8.00. The Hall–Kier alpha value is -4.35. The second-order valence-corrected chi connectivity index (χ2v) is 13.6. The number of rotatable bonds is 10. The molecule has 4 aromatic carbocycles. The Balaban J connectivity index is 1.30. The molecular formula is C35H27Cl2N3O5S2. The van der Waals surface area contributed by atoms with Crippen molar-refractivity contribution in [1.82, 2.24) is 10.2 Å². The molecule has 12 heteroatoms. The van der Waals surface area contributed by atoms with Gasteiger partial charge in [-0.05, 0) is 72.1 Å². The number of halogens is 2. The molecule has 1 unspecified atom stereocenters. The number of aliphatic hydroxyl groups excluding tert-OH is 1. The summed E-state index contributed by atoms with van der Waals surface area (Å²) in [5.74, 6) is -0.278. The molecular weight excluding hydrogens is 677 g/mol. The van der Waals surface area contributed by atoms with Gasteiger partial charge in [0.25, 0.3) is 5.78 Å². The van der Waals surface area contributed by atoms with Gasteiger partial charge in [-0.2, -0.15) is 0 Å². The highest BCUT2D eigenvalue weighted by Crippen LogP contribution is 2.44. The molecule has 2 heterocycles. The van der Waals surface area contributed by atoms with Crippen LogP contribution in [-0.4, -0.2) is 34.1 Å². The van der Waals surface area contributed by atoms with Gasteiger partial charge in [0.2, 0.25) is 5.13 Å². The number of hydrogen-bond acceptors (Lipinski definition) is 9. The number of benzene rings is 4. The van der Waals surface area contributed by atoms with Gasteiger partial charge in [0.1, 0.15) is 23.9 Å². The quantitative estimate of drug-likeness (QED) is 0.0507. The van der Waals surface area contributed by atoms with E-state index < -0.39 is 17.7 Å². The molecule has 47 heavy (non-hydrogen) atoms. The Morgan fingerprint density at radius 1 is 0.957 bits per heavy atom. The molecule has 1 atom stereocenters. The minimum Gasteiger partial charge on any atom is -0.507 e. The average molecular weight is 705 g/mol. The lowest BCUT2D eigenvalue weighted by atomic mass is 9.95. The van der Waals surface area contributed by atoms with E-state index in [2.05, 4.69) is 10.2 Å². The maximum Gasteiger partial charge on any atom is 0.301 e. The number of Topliss-reactive ketones (excluding diaryl/α,β-unsaturated/α-hetero) is 1. The highest BCUT2D eigenvalue weighted by Gasteiger charge is 2.48. The lowest BCUT2D eigenvalue weighted by Gasteiger charge is -2.22. The Morgan fingerprint density at radius 3 is 2.40 bits per heavy atom. The van der Waals surface area contributed by atoms with Crippen molar-refractivity contribution in [1.29, 1.82) is 0 Å². The molecule has 1 aromatic heterocycles. The largest absolute Gasteiger partial charge is 0.507 e. The number of thioether (sulfide) groups is 1. The summed E-state index contributed by atoms with van der Waals surface area (Å²) < 4.78 is 11.8. The van der Waals surface area contributed by atoms with Gasteiger partial charge in [-0.25, -0.2) is 0 Å². The number of hydrogen-bond donors (Lipinski definition) is 1. The van der Waals surface area contributed by atoms with E-state index >= 15 is 0 Å². The lowest BCUT2D eigenvalue weighted by molar-refractivity contribution is -0.132. The first-order valence-electron chi connectivity index (χ1n) is 14.4. The number of anilines is 1. The summed E-state index contributed by atoms with van der Waals surface area (Å²) in [4.78, 5) is 28.5. The van der Waals surface area contributed by atoms with E-state index in [1.54, 1.807) is 67.8 Å². The minimum atomic E-state index is -0.963.